The molecule has 106 valence electrons. The number of hydrogen-bond donors (Lipinski definition) is 1. The number of aromatic nitrogens is 2. The molecule has 0 aliphatic carbocycles. The number of hydrogen-bond acceptors (Lipinski definition) is 4. The molecule has 0 radical (unpaired) electrons. The highest BCUT2D eigenvalue weighted by Crippen LogP contribution is 2.24. The quantitative estimate of drug-likeness (QED) is 0.911. The Morgan fingerprint density at radius 2 is 1.95 bits per heavy atom. The van der Waals surface area contributed by atoms with E-state index in [1.165, 1.54) is 5.56 Å². The Bertz CT molecular complexity index is 618. The average molecular weight is 271 g/mol. The Kier molecular flexibility index (Phi) is 3.57. The van der Waals surface area contributed by atoms with Crippen LogP contribution < -0.4 is 4.90 Å². The van der Waals surface area contributed by atoms with Crippen molar-refractivity contribution in [2.75, 3.05) is 24.6 Å². The van der Waals surface area contributed by atoms with Gasteiger partial charge in [0.2, 0.25) is 0 Å². The number of aliphatic hydroxyl groups excluding tert-OH is 1. The van der Waals surface area contributed by atoms with Crippen molar-refractivity contribution in [2.24, 2.45) is 5.92 Å². The lowest BCUT2D eigenvalue weighted by Crippen LogP contribution is -2.35. The minimum atomic E-state index is 0.304. The number of aliphatic hydroxyl groups is 1. The van der Waals surface area contributed by atoms with Gasteiger partial charge in [-0.3, -0.25) is 0 Å². The molecule has 2 aromatic rings. The highest BCUT2D eigenvalue weighted by Gasteiger charge is 2.19. The van der Waals surface area contributed by atoms with Crippen molar-refractivity contribution in [1.82, 2.24) is 9.97 Å². The van der Waals surface area contributed by atoms with Crippen LogP contribution >= 0.6 is 0 Å². The van der Waals surface area contributed by atoms with E-state index in [4.69, 9.17) is 4.98 Å². The molecule has 4 heteroatoms. The summed E-state index contributed by atoms with van der Waals surface area (Å²) in [7, 11) is 0. The first-order valence-electron chi connectivity index (χ1n) is 7.28. The fraction of sp³-hybridized carbons (Fsp3) is 0.500. The van der Waals surface area contributed by atoms with Crippen molar-refractivity contribution in [3.05, 3.63) is 29.5 Å². The number of anilines is 1. The van der Waals surface area contributed by atoms with Gasteiger partial charge in [-0.1, -0.05) is 0 Å². The molecule has 1 N–H and O–H groups in total. The van der Waals surface area contributed by atoms with Crippen molar-refractivity contribution in [1.29, 1.82) is 0 Å². The van der Waals surface area contributed by atoms with Gasteiger partial charge in [0, 0.05) is 30.8 Å². The first-order chi connectivity index (χ1) is 9.67. The molecule has 1 aliphatic heterocycles. The summed E-state index contributed by atoms with van der Waals surface area (Å²) in [5, 5.41) is 10.3. The molecule has 0 amide bonds. The van der Waals surface area contributed by atoms with Gasteiger partial charge in [0.15, 0.2) is 5.65 Å². The van der Waals surface area contributed by atoms with Gasteiger partial charge in [-0.25, -0.2) is 9.97 Å². The first kappa shape index (κ1) is 13.3. The van der Waals surface area contributed by atoms with Crippen LogP contribution in [0.3, 0.4) is 0 Å². The molecule has 0 spiro atoms. The zero-order valence-electron chi connectivity index (χ0n) is 12.1. The van der Waals surface area contributed by atoms with E-state index in [2.05, 4.69) is 35.0 Å². The first-order valence-corrected chi connectivity index (χ1v) is 7.28. The van der Waals surface area contributed by atoms with Crippen molar-refractivity contribution >= 4 is 16.9 Å². The standard InChI is InChI=1S/C16H21N3O/c1-11-9-12(2)17-16-14(11)3-4-15(18-16)19-7-5-13(10-20)6-8-19/h3-4,9,13,20H,5-8,10H2,1-2H3. The summed E-state index contributed by atoms with van der Waals surface area (Å²) in [6.45, 7) is 6.35. The lowest BCUT2D eigenvalue weighted by molar-refractivity contribution is 0.203. The van der Waals surface area contributed by atoms with Gasteiger partial charge >= 0.3 is 0 Å². The SMILES string of the molecule is Cc1cc(C)c2ccc(N3CCC(CO)CC3)nc2n1. The Labute approximate surface area is 119 Å². The molecule has 0 atom stereocenters. The Morgan fingerprint density at radius 3 is 2.65 bits per heavy atom. The van der Waals surface area contributed by atoms with Crippen molar-refractivity contribution < 1.29 is 5.11 Å². The Balaban J connectivity index is 1.90. The van der Waals surface area contributed by atoms with Gasteiger partial charge in [0.25, 0.3) is 0 Å². The maximum atomic E-state index is 9.21. The minimum Gasteiger partial charge on any atom is -0.396 e. The number of pyridine rings is 2. The highest BCUT2D eigenvalue weighted by molar-refractivity contribution is 5.80. The van der Waals surface area contributed by atoms with E-state index in [1.54, 1.807) is 0 Å². The molecule has 0 unspecified atom stereocenters. The summed E-state index contributed by atoms with van der Waals surface area (Å²) in [5.74, 6) is 1.46. The molecular weight excluding hydrogens is 250 g/mol. The zero-order valence-corrected chi connectivity index (χ0v) is 12.1. The topological polar surface area (TPSA) is 49.2 Å². The van der Waals surface area contributed by atoms with Gasteiger partial charge < -0.3 is 10.0 Å². The molecule has 3 heterocycles. The molecule has 0 saturated carbocycles. The smallest absolute Gasteiger partial charge is 0.162 e. The van der Waals surface area contributed by atoms with Gasteiger partial charge in [-0.15, -0.1) is 0 Å². The van der Waals surface area contributed by atoms with Crippen LogP contribution in [0.15, 0.2) is 18.2 Å². The fourth-order valence-electron chi connectivity index (χ4n) is 2.94. The molecule has 2 aromatic heterocycles. The maximum absolute atomic E-state index is 9.21. The molecule has 0 aromatic carbocycles. The number of fused-ring (bicyclic) bond motifs is 1. The lowest BCUT2D eigenvalue weighted by atomic mass is 9.98. The maximum Gasteiger partial charge on any atom is 0.162 e. The average Bonchev–Trinajstić information content (AvgIpc) is 2.46. The van der Waals surface area contributed by atoms with Gasteiger partial charge in [-0.2, -0.15) is 0 Å². The van der Waals surface area contributed by atoms with Gasteiger partial charge in [-0.05, 0) is 56.4 Å². The third-order valence-electron chi connectivity index (χ3n) is 4.19. The summed E-state index contributed by atoms with van der Waals surface area (Å²) in [5.41, 5.74) is 3.08. The lowest BCUT2D eigenvalue weighted by Gasteiger charge is -2.32. The van der Waals surface area contributed by atoms with Gasteiger partial charge in [0.05, 0.1) is 0 Å². The molecule has 1 saturated heterocycles. The van der Waals surface area contributed by atoms with Crippen LogP contribution in [0.25, 0.3) is 11.0 Å². The summed E-state index contributed by atoms with van der Waals surface area (Å²) in [4.78, 5) is 11.6. The van der Waals surface area contributed by atoms with Crippen LogP contribution in [0.1, 0.15) is 24.1 Å². The van der Waals surface area contributed by atoms with E-state index in [1.807, 2.05) is 6.92 Å². The highest BCUT2D eigenvalue weighted by atomic mass is 16.3. The Morgan fingerprint density at radius 1 is 1.20 bits per heavy atom. The molecule has 1 fully saturated rings. The minimum absolute atomic E-state index is 0.304. The number of piperidine rings is 1. The van der Waals surface area contributed by atoms with E-state index in [9.17, 15) is 5.11 Å². The second-order valence-corrected chi connectivity index (χ2v) is 5.73. The summed E-state index contributed by atoms with van der Waals surface area (Å²) in [6, 6.07) is 6.31. The van der Waals surface area contributed by atoms with Crippen molar-refractivity contribution in [3.63, 3.8) is 0 Å². The van der Waals surface area contributed by atoms with Crippen LogP contribution in [0.4, 0.5) is 5.82 Å². The summed E-state index contributed by atoms with van der Waals surface area (Å²) >= 11 is 0. The molecule has 3 rings (SSSR count). The molecule has 4 nitrogen and oxygen atoms in total. The number of nitrogens with zero attached hydrogens (tertiary/aromatic N) is 3. The third kappa shape index (κ3) is 2.48. The number of aryl methyl sites for hydroxylation is 2. The largest absolute Gasteiger partial charge is 0.396 e. The van der Waals surface area contributed by atoms with Crippen LogP contribution in [0.2, 0.25) is 0 Å². The monoisotopic (exact) mass is 271 g/mol. The van der Waals surface area contributed by atoms with Crippen molar-refractivity contribution in [3.8, 4) is 0 Å². The van der Waals surface area contributed by atoms with E-state index >= 15 is 0 Å². The van der Waals surface area contributed by atoms with E-state index < -0.39 is 0 Å². The van der Waals surface area contributed by atoms with Crippen LogP contribution in [-0.4, -0.2) is 34.8 Å². The zero-order chi connectivity index (χ0) is 14.1. The second-order valence-electron chi connectivity index (χ2n) is 5.73. The van der Waals surface area contributed by atoms with Crippen LogP contribution in [0.5, 0.6) is 0 Å². The predicted octanol–water partition coefficient (Wildman–Crippen LogP) is 2.46. The second kappa shape index (κ2) is 5.37. The van der Waals surface area contributed by atoms with E-state index in [-0.39, 0.29) is 0 Å². The van der Waals surface area contributed by atoms with E-state index in [0.29, 0.717) is 12.5 Å². The fourth-order valence-corrected chi connectivity index (χ4v) is 2.94. The van der Waals surface area contributed by atoms with Crippen molar-refractivity contribution in [2.45, 2.75) is 26.7 Å². The third-order valence-corrected chi connectivity index (χ3v) is 4.19. The number of rotatable bonds is 2. The normalized spacial score (nSPS) is 16.9. The molecule has 0 bridgehead atoms. The van der Waals surface area contributed by atoms with Crippen LogP contribution in [-0.2, 0) is 0 Å². The predicted molar refractivity (Wildman–Crippen MR) is 81.0 cm³/mol. The molecule has 20 heavy (non-hydrogen) atoms. The summed E-state index contributed by atoms with van der Waals surface area (Å²) in [6.07, 6.45) is 2.08. The molecule has 1 aliphatic rings. The van der Waals surface area contributed by atoms with Gasteiger partial charge in [0.1, 0.15) is 5.82 Å². The molecular formula is C16H21N3O. The summed E-state index contributed by atoms with van der Waals surface area (Å²) < 4.78 is 0. The Hall–Kier alpha value is -1.68. The van der Waals surface area contributed by atoms with Crippen LogP contribution in [0, 0.1) is 19.8 Å². The van der Waals surface area contributed by atoms with E-state index in [0.717, 1.165) is 48.5 Å².